The lowest BCUT2D eigenvalue weighted by molar-refractivity contribution is 0.0923. The smallest absolute Gasteiger partial charge is 0.270 e. The van der Waals surface area contributed by atoms with Gasteiger partial charge in [-0.1, -0.05) is 0 Å². The molecule has 0 aliphatic carbocycles. The Bertz CT molecular complexity index is 649. The Balaban J connectivity index is 0.00000176. The van der Waals surface area contributed by atoms with E-state index >= 15 is 0 Å². The maximum absolute atomic E-state index is 12.1. The summed E-state index contributed by atoms with van der Waals surface area (Å²) >= 11 is 6.47. The van der Waals surface area contributed by atoms with Gasteiger partial charge in [0.25, 0.3) is 5.91 Å². The number of amides is 1. The molecule has 0 bridgehead atoms. The molecule has 0 saturated carbocycles. The van der Waals surface area contributed by atoms with E-state index in [0.717, 1.165) is 20.2 Å². The van der Waals surface area contributed by atoms with E-state index < -0.39 is 0 Å². The van der Waals surface area contributed by atoms with Crippen LogP contribution in [-0.2, 0) is 0 Å². The van der Waals surface area contributed by atoms with Crippen LogP contribution >= 0.6 is 51.0 Å². The van der Waals surface area contributed by atoms with Gasteiger partial charge in [-0.2, -0.15) is 0 Å². The number of thiazole rings is 1. The van der Waals surface area contributed by atoms with Crippen LogP contribution in [0.5, 0.6) is 0 Å². The molecule has 5 nitrogen and oxygen atoms in total. The van der Waals surface area contributed by atoms with Crippen molar-refractivity contribution >= 4 is 56.9 Å². The van der Waals surface area contributed by atoms with Crippen molar-refractivity contribution in [2.75, 3.05) is 19.6 Å². The Labute approximate surface area is 150 Å². The zero-order valence-corrected chi connectivity index (χ0v) is 15.4. The number of aromatic nitrogens is 1. The van der Waals surface area contributed by atoms with Gasteiger partial charge in [0.2, 0.25) is 0 Å². The van der Waals surface area contributed by atoms with Crippen molar-refractivity contribution in [1.82, 2.24) is 15.6 Å². The van der Waals surface area contributed by atoms with Gasteiger partial charge in [-0.15, -0.1) is 35.1 Å². The number of nitrogens with one attached hydrogen (secondary N) is 2. The lowest BCUT2D eigenvalue weighted by atomic mass is 10.1. The molecule has 1 fully saturated rings. The van der Waals surface area contributed by atoms with Crippen molar-refractivity contribution in [3.63, 3.8) is 0 Å². The number of halogens is 2. The minimum Gasteiger partial charge on any atom is -0.391 e. The number of thiophene rings is 1. The Morgan fingerprint density at radius 2 is 2.32 bits per heavy atom. The van der Waals surface area contributed by atoms with Gasteiger partial charge in [0, 0.05) is 30.9 Å². The topological polar surface area (TPSA) is 74.2 Å². The van der Waals surface area contributed by atoms with Crippen molar-refractivity contribution in [2.45, 2.75) is 6.10 Å². The highest BCUT2D eigenvalue weighted by Gasteiger charge is 2.25. The second-order valence-corrected chi connectivity index (χ2v) is 8.16. The highest BCUT2D eigenvalue weighted by molar-refractivity contribution is 9.11. The maximum atomic E-state index is 12.1. The van der Waals surface area contributed by atoms with Crippen molar-refractivity contribution in [3.8, 4) is 9.88 Å². The standard InChI is InChI=1S/C13H14BrN3O2S2.ClH/c14-11-2-1-10(21-11)13-17-8(6-20-13)12(19)16-4-7-3-15-5-9(7)18;/h1-2,6-7,9,15,18H,3-5H2,(H,16,19);1H. The molecule has 3 N–H and O–H groups in total. The summed E-state index contributed by atoms with van der Waals surface area (Å²) in [6.45, 7) is 1.78. The number of β-amino-alcohol motifs (C(OH)–C–C–N with tert-alkyl or cyclic N) is 1. The van der Waals surface area contributed by atoms with Gasteiger partial charge in [-0.05, 0) is 28.1 Å². The molecular formula is C13H15BrClN3O2S2. The third-order valence-electron chi connectivity index (χ3n) is 3.35. The molecule has 1 amide bonds. The molecule has 2 atom stereocenters. The van der Waals surface area contributed by atoms with E-state index in [-0.39, 0.29) is 30.3 Å². The van der Waals surface area contributed by atoms with Gasteiger partial charge in [0.15, 0.2) is 0 Å². The monoisotopic (exact) mass is 423 g/mol. The van der Waals surface area contributed by atoms with E-state index in [1.807, 2.05) is 12.1 Å². The summed E-state index contributed by atoms with van der Waals surface area (Å²) in [5.74, 6) is -0.118. The molecule has 0 radical (unpaired) electrons. The SMILES string of the molecule is Cl.O=C(NCC1CNCC1O)c1csc(-c2ccc(Br)s2)n1. The molecular weight excluding hydrogens is 410 g/mol. The van der Waals surface area contributed by atoms with Crippen LogP contribution in [0.2, 0.25) is 0 Å². The molecule has 22 heavy (non-hydrogen) atoms. The lowest BCUT2D eigenvalue weighted by Gasteiger charge is -2.13. The van der Waals surface area contributed by atoms with Crippen LogP contribution in [-0.4, -0.2) is 41.7 Å². The van der Waals surface area contributed by atoms with Gasteiger partial charge in [-0.25, -0.2) is 4.98 Å². The summed E-state index contributed by atoms with van der Waals surface area (Å²) in [6.07, 6.45) is -0.389. The average molecular weight is 425 g/mol. The first-order chi connectivity index (χ1) is 10.1. The van der Waals surface area contributed by atoms with Crippen LogP contribution in [0.15, 0.2) is 21.3 Å². The normalized spacial score (nSPS) is 20.6. The number of carbonyl (C=O) groups excluding carboxylic acids is 1. The highest BCUT2D eigenvalue weighted by atomic mass is 79.9. The summed E-state index contributed by atoms with van der Waals surface area (Å²) in [4.78, 5) is 17.5. The van der Waals surface area contributed by atoms with Crippen LogP contribution in [0.1, 0.15) is 10.5 Å². The molecule has 120 valence electrons. The largest absolute Gasteiger partial charge is 0.391 e. The van der Waals surface area contributed by atoms with E-state index in [9.17, 15) is 9.90 Å². The number of aliphatic hydroxyl groups is 1. The fourth-order valence-corrected chi connectivity index (χ4v) is 4.42. The van der Waals surface area contributed by atoms with Crippen molar-refractivity contribution < 1.29 is 9.90 Å². The number of hydrogen-bond acceptors (Lipinski definition) is 6. The fourth-order valence-electron chi connectivity index (χ4n) is 2.16. The Hall–Kier alpha value is -0.510. The van der Waals surface area contributed by atoms with Crippen LogP contribution < -0.4 is 10.6 Å². The number of hydrogen-bond donors (Lipinski definition) is 3. The van der Waals surface area contributed by atoms with Gasteiger partial charge in [0.05, 0.1) is 14.8 Å². The zero-order valence-electron chi connectivity index (χ0n) is 11.4. The van der Waals surface area contributed by atoms with Gasteiger partial charge in [0.1, 0.15) is 10.7 Å². The highest BCUT2D eigenvalue weighted by Crippen LogP contribution is 2.33. The summed E-state index contributed by atoms with van der Waals surface area (Å²) in [6, 6.07) is 3.95. The summed E-state index contributed by atoms with van der Waals surface area (Å²) in [7, 11) is 0. The molecule has 2 unspecified atom stereocenters. The van der Waals surface area contributed by atoms with Crippen molar-refractivity contribution in [3.05, 3.63) is 27.0 Å². The van der Waals surface area contributed by atoms with Crippen LogP contribution in [0.25, 0.3) is 9.88 Å². The molecule has 2 aromatic heterocycles. The second-order valence-electron chi connectivity index (χ2n) is 4.84. The van der Waals surface area contributed by atoms with Gasteiger partial charge >= 0.3 is 0 Å². The van der Waals surface area contributed by atoms with Crippen molar-refractivity contribution in [2.24, 2.45) is 5.92 Å². The Morgan fingerprint density at radius 1 is 1.50 bits per heavy atom. The second kappa shape index (κ2) is 7.85. The molecule has 2 aromatic rings. The fraction of sp³-hybridized carbons (Fsp3) is 0.385. The first kappa shape index (κ1) is 17.8. The zero-order chi connectivity index (χ0) is 14.8. The Kier molecular flexibility index (Phi) is 6.36. The van der Waals surface area contributed by atoms with Crippen LogP contribution in [0.3, 0.4) is 0 Å². The summed E-state index contributed by atoms with van der Waals surface area (Å²) in [5, 5.41) is 18.2. The number of nitrogens with zero attached hydrogens (tertiary/aromatic N) is 1. The molecule has 1 saturated heterocycles. The third kappa shape index (κ3) is 4.06. The number of aliphatic hydroxyl groups excluding tert-OH is 1. The average Bonchev–Trinajstić information content (AvgIpc) is 3.16. The van der Waals surface area contributed by atoms with Gasteiger partial charge < -0.3 is 15.7 Å². The maximum Gasteiger partial charge on any atom is 0.270 e. The van der Waals surface area contributed by atoms with E-state index in [1.165, 1.54) is 11.3 Å². The molecule has 0 aromatic carbocycles. The third-order valence-corrected chi connectivity index (χ3v) is 5.98. The van der Waals surface area contributed by atoms with Crippen LogP contribution in [0, 0.1) is 5.92 Å². The lowest BCUT2D eigenvalue weighted by Crippen LogP contribution is -2.34. The van der Waals surface area contributed by atoms with E-state index in [4.69, 9.17) is 0 Å². The minimum atomic E-state index is -0.389. The molecule has 3 heterocycles. The molecule has 3 rings (SSSR count). The summed E-state index contributed by atoms with van der Waals surface area (Å²) in [5.41, 5.74) is 0.431. The predicted octanol–water partition coefficient (Wildman–Crippen LogP) is 2.37. The quantitative estimate of drug-likeness (QED) is 0.704. The summed E-state index contributed by atoms with van der Waals surface area (Å²) < 4.78 is 1.04. The van der Waals surface area contributed by atoms with Gasteiger partial charge in [-0.3, -0.25) is 4.79 Å². The van der Waals surface area contributed by atoms with E-state index in [0.29, 0.717) is 18.8 Å². The van der Waals surface area contributed by atoms with E-state index in [2.05, 4.69) is 31.5 Å². The van der Waals surface area contributed by atoms with Crippen LogP contribution in [0.4, 0.5) is 0 Å². The van der Waals surface area contributed by atoms with E-state index in [1.54, 1.807) is 16.7 Å². The first-order valence-electron chi connectivity index (χ1n) is 6.51. The number of rotatable bonds is 4. The Morgan fingerprint density at radius 3 is 2.95 bits per heavy atom. The minimum absolute atomic E-state index is 0. The first-order valence-corrected chi connectivity index (χ1v) is 9.00. The number of carbonyl (C=O) groups is 1. The molecule has 1 aliphatic rings. The predicted molar refractivity (Wildman–Crippen MR) is 95.1 cm³/mol. The molecule has 1 aliphatic heterocycles. The van der Waals surface area contributed by atoms with Crippen molar-refractivity contribution in [1.29, 1.82) is 0 Å². The molecule has 9 heteroatoms. The molecule has 0 spiro atoms.